The molecule has 0 aromatic heterocycles. The summed E-state index contributed by atoms with van der Waals surface area (Å²) in [5.41, 5.74) is 1.45. The third kappa shape index (κ3) is 3.07. The van der Waals surface area contributed by atoms with Crippen molar-refractivity contribution in [2.75, 3.05) is 6.54 Å². The minimum absolute atomic E-state index is 0.176. The molecular weight excluding hydrogens is 229 g/mol. The van der Waals surface area contributed by atoms with Gasteiger partial charge in [-0.1, -0.05) is 18.6 Å². The molecular formula is C14H20FN3. The van der Waals surface area contributed by atoms with E-state index in [1.807, 2.05) is 12.1 Å². The minimum atomic E-state index is -0.176. The molecule has 1 atom stereocenters. The molecule has 0 radical (unpaired) electrons. The van der Waals surface area contributed by atoms with Crippen LogP contribution in [0.25, 0.3) is 0 Å². The highest BCUT2D eigenvalue weighted by Crippen LogP contribution is 2.20. The zero-order valence-electron chi connectivity index (χ0n) is 10.8. The standard InChI is InChI=1S/C14H20FN3/c1-11-4-2-3-7-18(11)10-13-6-5-12(9-17-16)8-14(13)15/h5-6,8-9,11H,2-4,7,10,16H2,1H3. The first kappa shape index (κ1) is 13.0. The maximum absolute atomic E-state index is 13.9. The Kier molecular flexibility index (Phi) is 4.31. The van der Waals surface area contributed by atoms with Gasteiger partial charge in [0, 0.05) is 18.2 Å². The molecule has 0 saturated carbocycles. The van der Waals surface area contributed by atoms with E-state index >= 15 is 0 Å². The van der Waals surface area contributed by atoms with E-state index < -0.39 is 0 Å². The topological polar surface area (TPSA) is 41.6 Å². The first-order valence-corrected chi connectivity index (χ1v) is 6.46. The lowest BCUT2D eigenvalue weighted by atomic mass is 10.0. The Morgan fingerprint density at radius 1 is 1.50 bits per heavy atom. The van der Waals surface area contributed by atoms with E-state index in [2.05, 4.69) is 16.9 Å². The fourth-order valence-electron chi connectivity index (χ4n) is 2.47. The van der Waals surface area contributed by atoms with Gasteiger partial charge in [-0.3, -0.25) is 4.90 Å². The lowest BCUT2D eigenvalue weighted by molar-refractivity contribution is 0.151. The Morgan fingerprint density at radius 2 is 2.33 bits per heavy atom. The van der Waals surface area contributed by atoms with Gasteiger partial charge in [-0.25, -0.2) is 4.39 Å². The average molecular weight is 249 g/mol. The second-order valence-corrected chi connectivity index (χ2v) is 4.94. The van der Waals surface area contributed by atoms with Crippen LogP contribution in [0.1, 0.15) is 37.3 Å². The number of nitrogens with two attached hydrogens (primary N) is 1. The largest absolute Gasteiger partial charge is 0.323 e. The summed E-state index contributed by atoms with van der Waals surface area (Å²) in [7, 11) is 0. The van der Waals surface area contributed by atoms with Gasteiger partial charge in [0.05, 0.1) is 6.21 Å². The smallest absolute Gasteiger partial charge is 0.128 e. The monoisotopic (exact) mass is 249 g/mol. The van der Waals surface area contributed by atoms with Crippen LogP contribution in [0.4, 0.5) is 4.39 Å². The fraction of sp³-hybridized carbons (Fsp3) is 0.500. The molecule has 0 amide bonds. The summed E-state index contributed by atoms with van der Waals surface area (Å²) >= 11 is 0. The number of benzene rings is 1. The van der Waals surface area contributed by atoms with Crippen LogP contribution < -0.4 is 5.84 Å². The molecule has 0 aliphatic carbocycles. The molecule has 1 saturated heterocycles. The Morgan fingerprint density at radius 3 is 3.00 bits per heavy atom. The van der Waals surface area contributed by atoms with Gasteiger partial charge in [0.15, 0.2) is 0 Å². The number of likely N-dealkylation sites (tertiary alicyclic amines) is 1. The average Bonchev–Trinajstić information content (AvgIpc) is 2.35. The van der Waals surface area contributed by atoms with Crippen LogP contribution >= 0.6 is 0 Å². The summed E-state index contributed by atoms with van der Waals surface area (Å²) in [5.74, 6) is 4.88. The second-order valence-electron chi connectivity index (χ2n) is 4.94. The van der Waals surface area contributed by atoms with Crippen LogP contribution in [0.15, 0.2) is 23.3 Å². The van der Waals surface area contributed by atoms with E-state index in [1.54, 1.807) is 0 Å². The van der Waals surface area contributed by atoms with Crippen molar-refractivity contribution >= 4 is 6.21 Å². The molecule has 18 heavy (non-hydrogen) atoms. The quantitative estimate of drug-likeness (QED) is 0.508. The molecule has 1 aliphatic rings. The van der Waals surface area contributed by atoms with Crippen LogP contribution in [-0.2, 0) is 6.54 Å². The van der Waals surface area contributed by atoms with Gasteiger partial charge in [0.2, 0.25) is 0 Å². The van der Waals surface area contributed by atoms with Gasteiger partial charge in [0.25, 0.3) is 0 Å². The van der Waals surface area contributed by atoms with Crippen LogP contribution in [0.3, 0.4) is 0 Å². The Hall–Kier alpha value is -1.42. The summed E-state index contributed by atoms with van der Waals surface area (Å²) in [4.78, 5) is 2.35. The highest BCUT2D eigenvalue weighted by molar-refractivity contribution is 5.79. The van der Waals surface area contributed by atoms with E-state index in [4.69, 9.17) is 5.84 Å². The predicted molar refractivity (Wildman–Crippen MR) is 71.9 cm³/mol. The van der Waals surface area contributed by atoms with Gasteiger partial charge in [-0.2, -0.15) is 5.10 Å². The maximum atomic E-state index is 13.9. The van der Waals surface area contributed by atoms with Crippen LogP contribution in [0, 0.1) is 5.82 Å². The maximum Gasteiger partial charge on any atom is 0.128 e. The zero-order valence-corrected chi connectivity index (χ0v) is 10.8. The van der Waals surface area contributed by atoms with Crippen molar-refractivity contribution in [3.8, 4) is 0 Å². The number of hydrogen-bond donors (Lipinski definition) is 1. The molecule has 0 bridgehead atoms. The molecule has 1 heterocycles. The van der Waals surface area contributed by atoms with Gasteiger partial charge < -0.3 is 5.84 Å². The van der Waals surface area contributed by atoms with Crippen molar-refractivity contribution in [1.82, 2.24) is 4.90 Å². The van der Waals surface area contributed by atoms with Gasteiger partial charge in [-0.15, -0.1) is 0 Å². The lowest BCUT2D eigenvalue weighted by Gasteiger charge is -2.33. The molecule has 2 N–H and O–H groups in total. The molecule has 1 aromatic rings. The fourth-order valence-corrected chi connectivity index (χ4v) is 2.47. The minimum Gasteiger partial charge on any atom is -0.323 e. The summed E-state index contributed by atoms with van der Waals surface area (Å²) in [5, 5.41) is 3.40. The van der Waals surface area contributed by atoms with Crippen LogP contribution in [0.5, 0.6) is 0 Å². The van der Waals surface area contributed by atoms with Gasteiger partial charge in [0.1, 0.15) is 5.82 Å². The molecule has 1 unspecified atom stereocenters. The number of nitrogens with zero attached hydrogens (tertiary/aromatic N) is 2. The molecule has 3 nitrogen and oxygen atoms in total. The third-order valence-electron chi connectivity index (χ3n) is 3.61. The number of halogens is 1. The van der Waals surface area contributed by atoms with E-state index in [9.17, 15) is 4.39 Å². The van der Waals surface area contributed by atoms with E-state index in [-0.39, 0.29) is 5.82 Å². The first-order chi connectivity index (χ1) is 8.70. The number of hydrogen-bond acceptors (Lipinski definition) is 3. The summed E-state index contributed by atoms with van der Waals surface area (Å²) in [6.07, 6.45) is 5.16. The predicted octanol–water partition coefficient (Wildman–Crippen LogP) is 2.49. The number of rotatable bonds is 3. The van der Waals surface area contributed by atoms with Crippen molar-refractivity contribution in [3.63, 3.8) is 0 Å². The lowest BCUT2D eigenvalue weighted by Crippen LogP contribution is -2.36. The second kappa shape index (κ2) is 5.96. The molecule has 1 aliphatic heterocycles. The number of piperidine rings is 1. The Bertz CT molecular complexity index is 431. The third-order valence-corrected chi connectivity index (χ3v) is 3.61. The zero-order chi connectivity index (χ0) is 13.0. The van der Waals surface area contributed by atoms with Crippen LogP contribution in [0.2, 0.25) is 0 Å². The first-order valence-electron chi connectivity index (χ1n) is 6.46. The van der Waals surface area contributed by atoms with E-state index in [1.165, 1.54) is 31.5 Å². The van der Waals surface area contributed by atoms with Gasteiger partial charge in [-0.05, 0) is 37.9 Å². The normalized spacial score (nSPS) is 21.6. The van der Waals surface area contributed by atoms with E-state index in [0.717, 1.165) is 12.1 Å². The van der Waals surface area contributed by atoms with Crippen molar-refractivity contribution in [1.29, 1.82) is 0 Å². The summed E-state index contributed by atoms with van der Waals surface area (Å²) < 4.78 is 13.9. The highest BCUT2D eigenvalue weighted by Gasteiger charge is 2.19. The van der Waals surface area contributed by atoms with Crippen LogP contribution in [-0.4, -0.2) is 23.7 Å². The summed E-state index contributed by atoms with van der Waals surface area (Å²) in [6.45, 7) is 3.96. The van der Waals surface area contributed by atoms with Crippen molar-refractivity contribution in [3.05, 3.63) is 35.1 Å². The highest BCUT2D eigenvalue weighted by atomic mass is 19.1. The van der Waals surface area contributed by atoms with E-state index in [0.29, 0.717) is 18.2 Å². The van der Waals surface area contributed by atoms with Crippen molar-refractivity contribution in [2.45, 2.75) is 38.8 Å². The molecule has 1 fully saturated rings. The van der Waals surface area contributed by atoms with Gasteiger partial charge >= 0.3 is 0 Å². The SMILES string of the molecule is CC1CCCCN1Cc1ccc(C=NN)cc1F. The van der Waals surface area contributed by atoms with Crippen molar-refractivity contribution in [2.24, 2.45) is 10.9 Å². The molecule has 0 spiro atoms. The van der Waals surface area contributed by atoms with Crippen molar-refractivity contribution < 1.29 is 4.39 Å². The molecule has 98 valence electrons. The molecule has 1 aromatic carbocycles. The number of hydrazone groups is 1. The Labute approximate surface area is 107 Å². The molecule has 2 rings (SSSR count). The Balaban J connectivity index is 2.09. The summed E-state index contributed by atoms with van der Waals surface area (Å²) in [6, 6.07) is 5.71. The molecule has 4 heteroatoms.